The first kappa shape index (κ1) is 17.3. The Morgan fingerprint density at radius 3 is 2.81 bits per heavy atom. The van der Waals surface area contributed by atoms with Crippen molar-refractivity contribution in [1.29, 1.82) is 0 Å². The molecule has 5 heteroatoms. The zero-order valence-corrected chi connectivity index (χ0v) is 15.3. The summed E-state index contributed by atoms with van der Waals surface area (Å²) in [5.41, 5.74) is 4.21. The molecule has 0 saturated carbocycles. The first-order valence-electron chi connectivity index (χ1n) is 9.24. The number of ether oxygens (including phenoxy) is 1. The number of nitrogens with one attached hydrogen (secondary N) is 1. The molecule has 0 saturated heterocycles. The molecule has 0 spiro atoms. The highest BCUT2D eigenvalue weighted by molar-refractivity contribution is 5.97. The van der Waals surface area contributed by atoms with Gasteiger partial charge in [-0.15, -0.1) is 0 Å². The van der Waals surface area contributed by atoms with Gasteiger partial charge >= 0.3 is 5.97 Å². The van der Waals surface area contributed by atoms with Crippen LogP contribution in [0.15, 0.2) is 54.7 Å². The van der Waals surface area contributed by atoms with Crippen LogP contribution in [0.2, 0.25) is 0 Å². The number of esters is 1. The predicted octanol–water partition coefficient (Wildman–Crippen LogP) is 3.62. The van der Waals surface area contributed by atoms with Crippen molar-refractivity contribution in [3.8, 4) is 0 Å². The van der Waals surface area contributed by atoms with Crippen LogP contribution in [-0.4, -0.2) is 29.5 Å². The van der Waals surface area contributed by atoms with E-state index in [-0.39, 0.29) is 30.9 Å². The maximum absolute atomic E-state index is 12.6. The van der Waals surface area contributed by atoms with Gasteiger partial charge in [0.05, 0.1) is 0 Å². The molecule has 4 rings (SSSR count). The van der Waals surface area contributed by atoms with E-state index in [9.17, 15) is 9.59 Å². The molecule has 1 N–H and O–H groups in total. The SMILES string of the molecule is CC1Cc2ccccc2N1C(=O)COC(=O)CCc1c[nH]c2ccccc12. The highest BCUT2D eigenvalue weighted by atomic mass is 16.5. The molecule has 3 aromatic rings. The number of rotatable bonds is 5. The van der Waals surface area contributed by atoms with Gasteiger partial charge in [-0.25, -0.2) is 0 Å². The Bertz CT molecular complexity index is 992. The molecule has 2 aromatic carbocycles. The minimum absolute atomic E-state index is 0.0832. The van der Waals surface area contributed by atoms with Crippen molar-refractivity contribution in [2.45, 2.75) is 32.2 Å². The zero-order chi connectivity index (χ0) is 18.8. The van der Waals surface area contributed by atoms with Crippen LogP contribution in [-0.2, 0) is 27.2 Å². The van der Waals surface area contributed by atoms with Crippen LogP contribution in [0.4, 0.5) is 5.69 Å². The van der Waals surface area contributed by atoms with Gasteiger partial charge < -0.3 is 14.6 Å². The monoisotopic (exact) mass is 362 g/mol. The number of carbonyl (C=O) groups is 2. The van der Waals surface area contributed by atoms with Gasteiger partial charge in [0.2, 0.25) is 0 Å². The lowest BCUT2D eigenvalue weighted by atomic mass is 10.1. The van der Waals surface area contributed by atoms with Crippen LogP contribution in [0, 0.1) is 0 Å². The molecule has 1 atom stereocenters. The second kappa shape index (κ2) is 7.27. The number of para-hydroxylation sites is 2. The Kier molecular flexibility index (Phi) is 4.67. The highest BCUT2D eigenvalue weighted by Gasteiger charge is 2.30. The summed E-state index contributed by atoms with van der Waals surface area (Å²) in [6.45, 7) is 1.79. The van der Waals surface area contributed by atoms with Gasteiger partial charge in [-0.05, 0) is 43.0 Å². The molecule has 138 valence electrons. The summed E-state index contributed by atoms with van der Waals surface area (Å²) in [6.07, 6.45) is 3.59. The van der Waals surface area contributed by atoms with E-state index < -0.39 is 0 Å². The summed E-state index contributed by atoms with van der Waals surface area (Å²) in [5.74, 6) is -0.526. The van der Waals surface area contributed by atoms with E-state index in [1.54, 1.807) is 4.90 Å². The molecule has 5 nitrogen and oxygen atoms in total. The number of aryl methyl sites for hydroxylation is 1. The van der Waals surface area contributed by atoms with E-state index in [2.05, 4.69) is 4.98 Å². The molecule has 2 heterocycles. The maximum atomic E-state index is 12.6. The van der Waals surface area contributed by atoms with E-state index in [1.165, 1.54) is 0 Å². The lowest BCUT2D eigenvalue weighted by Gasteiger charge is -2.22. The average molecular weight is 362 g/mol. The third-order valence-electron chi connectivity index (χ3n) is 5.11. The second-order valence-corrected chi connectivity index (χ2v) is 6.97. The molecule has 0 bridgehead atoms. The van der Waals surface area contributed by atoms with E-state index in [1.807, 2.05) is 61.7 Å². The number of hydrogen-bond acceptors (Lipinski definition) is 3. The number of nitrogens with zero attached hydrogens (tertiary/aromatic N) is 1. The number of anilines is 1. The Labute approximate surface area is 157 Å². The topological polar surface area (TPSA) is 62.4 Å². The maximum Gasteiger partial charge on any atom is 0.306 e. The number of aromatic amines is 1. The summed E-state index contributed by atoms with van der Waals surface area (Å²) in [4.78, 5) is 29.6. The first-order chi connectivity index (χ1) is 13.1. The predicted molar refractivity (Wildman–Crippen MR) is 105 cm³/mol. The molecule has 1 aromatic heterocycles. The fourth-order valence-electron chi connectivity index (χ4n) is 3.80. The van der Waals surface area contributed by atoms with Crippen LogP contribution >= 0.6 is 0 Å². The minimum atomic E-state index is -0.353. The van der Waals surface area contributed by atoms with Crippen molar-refractivity contribution in [2.75, 3.05) is 11.5 Å². The minimum Gasteiger partial charge on any atom is -0.456 e. The largest absolute Gasteiger partial charge is 0.456 e. The van der Waals surface area contributed by atoms with E-state index in [0.717, 1.165) is 34.1 Å². The van der Waals surface area contributed by atoms with Crippen LogP contribution in [0.25, 0.3) is 10.9 Å². The number of benzene rings is 2. The number of carbonyl (C=O) groups excluding carboxylic acids is 2. The smallest absolute Gasteiger partial charge is 0.306 e. The Morgan fingerprint density at radius 1 is 1.15 bits per heavy atom. The van der Waals surface area contributed by atoms with Gasteiger partial charge in [-0.3, -0.25) is 9.59 Å². The number of H-pyrrole nitrogens is 1. The molecule has 0 radical (unpaired) electrons. The molecule has 1 unspecified atom stereocenters. The van der Waals surface area contributed by atoms with Crippen molar-refractivity contribution < 1.29 is 14.3 Å². The number of aromatic nitrogens is 1. The molecule has 27 heavy (non-hydrogen) atoms. The fourth-order valence-corrected chi connectivity index (χ4v) is 3.80. The first-order valence-corrected chi connectivity index (χ1v) is 9.24. The summed E-state index contributed by atoms with van der Waals surface area (Å²) in [7, 11) is 0. The van der Waals surface area contributed by atoms with Crippen LogP contribution in [0.1, 0.15) is 24.5 Å². The van der Waals surface area contributed by atoms with Crippen molar-refractivity contribution in [3.63, 3.8) is 0 Å². The van der Waals surface area contributed by atoms with Crippen molar-refractivity contribution in [3.05, 3.63) is 65.9 Å². The highest BCUT2D eigenvalue weighted by Crippen LogP contribution is 2.31. The van der Waals surface area contributed by atoms with Crippen molar-refractivity contribution in [1.82, 2.24) is 4.98 Å². The van der Waals surface area contributed by atoms with Crippen LogP contribution in [0.3, 0.4) is 0 Å². The van der Waals surface area contributed by atoms with E-state index in [4.69, 9.17) is 4.74 Å². The molecule has 1 aliphatic rings. The Hall–Kier alpha value is -3.08. The number of hydrogen-bond donors (Lipinski definition) is 1. The van der Waals surface area contributed by atoms with Gasteiger partial charge in [-0.1, -0.05) is 36.4 Å². The lowest BCUT2D eigenvalue weighted by molar-refractivity contribution is -0.147. The van der Waals surface area contributed by atoms with Gasteiger partial charge in [0.1, 0.15) is 0 Å². The lowest BCUT2D eigenvalue weighted by Crippen LogP contribution is -2.38. The Morgan fingerprint density at radius 2 is 1.93 bits per heavy atom. The average Bonchev–Trinajstić information content (AvgIpc) is 3.24. The quantitative estimate of drug-likeness (QED) is 0.705. The van der Waals surface area contributed by atoms with Crippen molar-refractivity contribution >= 4 is 28.5 Å². The third kappa shape index (κ3) is 3.45. The normalized spacial score (nSPS) is 15.7. The van der Waals surface area contributed by atoms with E-state index >= 15 is 0 Å². The third-order valence-corrected chi connectivity index (χ3v) is 5.11. The fraction of sp³-hybridized carbons (Fsp3) is 0.273. The molecule has 0 fully saturated rings. The molecule has 0 aliphatic carbocycles. The standard InChI is InChI=1S/C22H22N2O3/c1-15-12-16-6-2-5-9-20(16)24(15)21(25)14-27-22(26)11-10-17-13-23-19-8-4-3-7-18(17)19/h2-9,13,15,23H,10-12,14H2,1H3. The van der Waals surface area contributed by atoms with Crippen molar-refractivity contribution in [2.24, 2.45) is 0 Å². The molecular formula is C22H22N2O3. The summed E-state index contributed by atoms with van der Waals surface area (Å²) >= 11 is 0. The van der Waals surface area contributed by atoms with Gasteiger partial charge in [0.15, 0.2) is 6.61 Å². The van der Waals surface area contributed by atoms with Crippen LogP contribution < -0.4 is 4.90 Å². The number of fused-ring (bicyclic) bond motifs is 2. The van der Waals surface area contributed by atoms with Crippen LogP contribution in [0.5, 0.6) is 0 Å². The second-order valence-electron chi connectivity index (χ2n) is 6.97. The zero-order valence-electron chi connectivity index (χ0n) is 15.3. The molecular weight excluding hydrogens is 340 g/mol. The summed E-state index contributed by atoms with van der Waals surface area (Å²) in [5, 5.41) is 1.11. The van der Waals surface area contributed by atoms with Gasteiger partial charge in [0, 0.05) is 35.2 Å². The summed E-state index contributed by atoms with van der Waals surface area (Å²) in [6, 6.07) is 15.9. The number of amides is 1. The van der Waals surface area contributed by atoms with E-state index in [0.29, 0.717) is 6.42 Å². The molecule has 1 amide bonds. The molecule has 1 aliphatic heterocycles. The van der Waals surface area contributed by atoms with Gasteiger partial charge in [-0.2, -0.15) is 0 Å². The van der Waals surface area contributed by atoms with Gasteiger partial charge in [0.25, 0.3) is 5.91 Å². The summed E-state index contributed by atoms with van der Waals surface area (Å²) < 4.78 is 5.25. The Balaban J connectivity index is 1.32.